The predicted octanol–water partition coefficient (Wildman–Crippen LogP) is 2.12. The van der Waals surface area contributed by atoms with Gasteiger partial charge in [-0.1, -0.05) is 24.3 Å². The summed E-state index contributed by atoms with van der Waals surface area (Å²) >= 11 is 0. The van der Waals surface area contributed by atoms with Gasteiger partial charge in [-0.2, -0.15) is 0 Å². The largest absolute Gasteiger partial charge is 0.390 e. The number of aliphatic hydroxyl groups excluding tert-OH is 1. The molecule has 1 atom stereocenters. The lowest BCUT2D eigenvalue weighted by Crippen LogP contribution is -2.45. The first kappa shape index (κ1) is 15.5. The minimum Gasteiger partial charge on any atom is -0.390 e. The number of piperidine rings is 1. The zero-order valence-corrected chi connectivity index (χ0v) is 14.1. The predicted molar refractivity (Wildman–Crippen MR) is 93.6 cm³/mol. The summed E-state index contributed by atoms with van der Waals surface area (Å²) in [5, 5.41) is 9.56. The molecule has 1 aromatic heterocycles. The van der Waals surface area contributed by atoms with Gasteiger partial charge in [0.25, 0.3) is 0 Å². The Morgan fingerprint density at radius 3 is 2.75 bits per heavy atom. The lowest BCUT2D eigenvalue weighted by atomic mass is 9.73. The first-order valence-corrected chi connectivity index (χ1v) is 8.65. The van der Waals surface area contributed by atoms with Crippen molar-refractivity contribution >= 4 is 5.82 Å². The molecule has 1 spiro atoms. The van der Waals surface area contributed by atoms with E-state index >= 15 is 0 Å². The lowest BCUT2D eigenvalue weighted by molar-refractivity contribution is 0.186. The van der Waals surface area contributed by atoms with Crippen LogP contribution in [0.25, 0.3) is 0 Å². The molecule has 5 nitrogen and oxygen atoms in total. The summed E-state index contributed by atoms with van der Waals surface area (Å²) < 4.78 is 0. The van der Waals surface area contributed by atoms with Crippen LogP contribution in [-0.4, -0.2) is 28.2 Å². The Labute approximate surface area is 142 Å². The van der Waals surface area contributed by atoms with Gasteiger partial charge in [-0.15, -0.1) is 0 Å². The number of anilines is 1. The zero-order valence-electron chi connectivity index (χ0n) is 14.1. The maximum absolute atomic E-state index is 9.56. The number of aromatic nitrogens is 2. The zero-order chi connectivity index (χ0) is 16.7. The van der Waals surface area contributed by atoms with Crippen LogP contribution in [0.3, 0.4) is 0 Å². The SMILES string of the molecule is Cc1cnc(CO)c(N2CCC3(CC2)Cc2ccccc2[C@H]3N)n1. The number of hydrogen-bond acceptors (Lipinski definition) is 5. The van der Waals surface area contributed by atoms with Crippen LogP contribution in [0.2, 0.25) is 0 Å². The maximum Gasteiger partial charge on any atom is 0.153 e. The molecule has 2 aromatic rings. The second kappa shape index (κ2) is 5.83. The minimum atomic E-state index is -0.0742. The molecule has 0 amide bonds. The molecule has 0 unspecified atom stereocenters. The van der Waals surface area contributed by atoms with E-state index in [-0.39, 0.29) is 18.1 Å². The number of fused-ring (bicyclic) bond motifs is 1. The Hall–Kier alpha value is -1.98. The number of nitrogens with two attached hydrogens (primary N) is 1. The van der Waals surface area contributed by atoms with E-state index in [1.807, 2.05) is 6.92 Å². The number of aliphatic hydroxyl groups is 1. The molecule has 126 valence electrons. The van der Waals surface area contributed by atoms with Crippen molar-refractivity contribution in [3.63, 3.8) is 0 Å². The van der Waals surface area contributed by atoms with Crippen LogP contribution >= 0.6 is 0 Å². The minimum absolute atomic E-state index is 0.0742. The normalized spacial score (nSPS) is 22.0. The highest BCUT2D eigenvalue weighted by atomic mass is 16.3. The van der Waals surface area contributed by atoms with Crippen LogP contribution in [0, 0.1) is 12.3 Å². The quantitative estimate of drug-likeness (QED) is 0.885. The van der Waals surface area contributed by atoms with Crippen LogP contribution < -0.4 is 10.6 Å². The highest BCUT2D eigenvalue weighted by Crippen LogP contribution is 2.50. The molecule has 0 saturated carbocycles. The fourth-order valence-electron chi connectivity index (χ4n) is 4.32. The Balaban J connectivity index is 1.55. The van der Waals surface area contributed by atoms with Gasteiger partial charge >= 0.3 is 0 Å². The van der Waals surface area contributed by atoms with Crippen LogP contribution in [0.5, 0.6) is 0 Å². The Bertz CT molecular complexity index is 753. The fraction of sp³-hybridized carbons (Fsp3) is 0.474. The van der Waals surface area contributed by atoms with Gasteiger partial charge in [-0.25, -0.2) is 4.98 Å². The average Bonchev–Trinajstić information content (AvgIpc) is 2.88. The van der Waals surface area contributed by atoms with Crippen molar-refractivity contribution in [2.24, 2.45) is 11.1 Å². The first-order valence-electron chi connectivity index (χ1n) is 8.65. The number of aryl methyl sites for hydroxylation is 1. The van der Waals surface area contributed by atoms with Crippen molar-refractivity contribution in [1.82, 2.24) is 9.97 Å². The molecular formula is C19H24N4O. The molecule has 5 heteroatoms. The molecule has 1 aliphatic heterocycles. The smallest absolute Gasteiger partial charge is 0.153 e. The Morgan fingerprint density at radius 2 is 2.04 bits per heavy atom. The van der Waals surface area contributed by atoms with Crippen molar-refractivity contribution in [3.8, 4) is 0 Å². The van der Waals surface area contributed by atoms with Gasteiger partial charge in [-0.3, -0.25) is 4.98 Å². The van der Waals surface area contributed by atoms with Crippen molar-refractivity contribution < 1.29 is 5.11 Å². The molecule has 24 heavy (non-hydrogen) atoms. The monoisotopic (exact) mass is 324 g/mol. The van der Waals surface area contributed by atoms with Gasteiger partial charge in [0, 0.05) is 25.3 Å². The molecule has 3 N–H and O–H groups in total. The molecule has 1 fully saturated rings. The number of nitrogens with zero attached hydrogens (tertiary/aromatic N) is 3. The third-order valence-electron chi connectivity index (χ3n) is 5.75. The highest BCUT2D eigenvalue weighted by molar-refractivity contribution is 5.45. The van der Waals surface area contributed by atoms with Crippen LogP contribution in [-0.2, 0) is 13.0 Å². The van der Waals surface area contributed by atoms with Crippen molar-refractivity contribution in [2.45, 2.75) is 38.8 Å². The van der Waals surface area contributed by atoms with Gasteiger partial charge in [0.05, 0.1) is 12.3 Å². The number of benzene rings is 1. The molecular weight excluding hydrogens is 300 g/mol. The van der Waals surface area contributed by atoms with Gasteiger partial charge in [-0.05, 0) is 42.7 Å². The van der Waals surface area contributed by atoms with E-state index < -0.39 is 0 Å². The lowest BCUT2D eigenvalue weighted by Gasteiger charge is -2.43. The van der Waals surface area contributed by atoms with Crippen molar-refractivity contribution in [3.05, 3.63) is 53.0 Å². The van der Waals surface area contributed by atoms with Crippen LogP contribution in [0.15, 0.2) is 30.5 Å². The van der Waals surface area contributed by atoms with E-state index in [0.29, 0.717) is 5.69 Å². The summed E-state index contributed by atoms with van der Waals surface area (Å²) in [6.07, 6.45) is 4.88. The highest BCUT2D eigenvalue weighted by Gasteiger charge is 2.46. The van der Waals surface area contributed by atoms with Gasteiger partial charge in [0.1, 0.15) is 5.69 Å². The topological polar surface area (TPSA) is 75.3 Å². The second-order valence-corrected chi connectivity index (χ2v) is 7.14. The summed E-state index contributed by atoms with van der Waals surface area (Å²) in [5.41, 5.74) is 11.1. The first-order chi connectivity index (χ1) is 11.6. The summed E-state index contributed by atoms with van der Waals surface area (Å²) in [7, 11) is 0. The number of rotatable bonds is 2. The third-order valence-corrected chi connectivity index (χ3v) is 5.75. The molecule has 1 aromatic carbocycles. The Morgan fingerprint density at radius 1 is 1.29 bits per heavy atom. The maximum atomic E-state index is 9.56. The molecule has 1 saturated heterocycles. The summed E-state index contributed by atoms with van der Waals surface area (Å²) in [5.74, 6) is 0.830. The standard InChI is InChI=1S/C19H24N4O/c1-13-11-21-16(12-24)18(22-13)23-8-6-19(7-9-23)10-14-4-2-3-5-15(14)17(19)20/h2-5,11,17,24H,6-10,12,20H2,1H3/t17-/m1/s1. The Kier molecular flexibility index (Phi) is 3.77. The molecule has 0 radical (unpaired) electrons. The van der Waals surface area contributed by atoms with Crippen molar-refractivity contribution in [1.29, 1.82) is 0 Å². The second-order valence-electron chi connectivity index (χ2n) is 7.14. The van der Waals surface area contributed by atoms with E-state index in [1.54, 1.807) is 6.20 Å². The van der Waals surface area contributed by atoms with E-state index in [9.17, 15) is 5.11 Å². The fourth-order valence-corrected chi connectivity index (χ4v) is 4.32. The van der Waals surface area contributed by atoms with Gasteiger partial charge in [0.2, 0.25) is 0 Å². The summed E-state index contributed by atoms with van der Waals surface area (Å²) in [4.78, 5) is 11.2. The van der Waals surface area contributed by atoms with E-state index in [0.717, 1.165) is 43.9 Å². The average molecular weight is 324 g/mol. The van der Waals surface area contributed by atoms with Gasteiger partial charge in [0.15, 0.2) is 5.82 Å². The van der Waals surface area contributed by atoms with Crippen LogP contribution in [0.1, 0.15) is 41.4 Å². The molecule has 4 rings (SSSR count). The molecule has 2 aliphatic rings. The van der Waals surface area contributed by atoms with Gasteiger partial charge < -0.3 is 15.7 Å². The molecule has 1 aliphatic carbocycles. The summed E-state index contributed by atoms with van der Waals surface area (Å²) in [6, 6.07) is 8.71. The summed E-state index contributed by atoms with van der Waals surface area (Å²) in [6.45, 7) is 3.68. The van der Waals surface area contributed by atoms with Crippen molar-refractivity contribution in [2.75, 3.05) is 18.0 Å². The van der Waals surface area contributed by atoms with E-state index in [4.69, 9.17) is 5.73 Å². The van der Waals surface area contributed by atoms with E-state index in [2.05, 4.69) is 39.1 Å². The number of hydrogen-bond donors (Lipinski definition) is 2. The third kappa shape index (κ3) is 2.39. The molecule has 2 heterocycles. The van der Waals surface area contributed by atoms with E-state index in [1.165, 1.54) is 11.1 Å². The molecule has 0 bridgehead atoms. The van der Waals surface area contributed by atoms with Crippen LogP contribution in [0.4, 0.5) is 5.82 Å².